The zero-order valence-corrected chi connectivity index (χ0v) is 9.55. The van der Waals surface area contributed by atoms with Gasteiger partial charge in [0, 0.05) is 13.1 Å². The van der Waals surface area contributed by atoms with Gasteiger partial charge in [-0.3, -0.25) is 4.90 Å². The van der Waals surface area contributed by atoms with Crippen LogP contribution in [0.3, 0.4) is 0 Å². The zero-order chi connectivity index (χ0) is 10.2. The molecule has 0 amide bonds. The molecule has 1 atom stereocenters. The van der Waals surface area contributed by atoms with E-state index in [0.29, 0.717) is 6.61 Å². The van der Waals surface area contributed by atoms with Crippen LogP contribution in [0.15, 0.2) is 0 Å². The topological polar surface area (TPSA) is 36.3 Å². The second-order valence-corrected chi connectivity index (χ2v) is 4.73. The molecule has 0 aromatic heterocycles. The average Bonchev–Trinajstić information content (AvgIpc) is 2.25. The highest BCUT2D eigenvalue weighted by Crippen LogP contribution is 2.07. The summed E-state index contributed by atoms with van der Waals surface area (Å²) in [7, 11) is 0. The van der Waals surface area contributed by atoms with Crippen molar-refractivity contribution < 1.29 is 4.74 Å². The lowest BCUT2D eigenvalue weighted by atomic mass is 10.3. The van der Waals surface area contributed by atoms with Crippen LogP contribution in [0.4, 0.5) is 0 Å². The summed E-state index contributed by atoms with van der Waals surface area (Å²) in [5, 5.41) is 8.71. The Morgan fingerprint density at radius 2 is 2.50 bits per heavy atom. The normalized spacial score (nSPS) is 23.3. The first kappa shape index (κ1) is 11.8. The fourth-order valence-electron chi connectivity index (χ4n) is 1.52. The van der Waals surface area contributed by atoms with Crippen molar-refractivity contribution in [3.8, 4) is 6.07 Å². The summed E-state index contributed by atoms with van der Waals surface area (Å²) in [5.41, 5.74) is 0. The predicted octanol–water partition coefficient (Wildman–Crippen LogP) is 1.35. The second-order valence-electron chi connectivity index (χ2n) is 3.34. The number of ether oxygens (including phenoxy) is 1. The first-order valence-corrected chi connectivity index (χ1v) is 6.33. The van der Waals surface area contributed by atoms with Gasteiger partial charge >= 0.3 is 0 Å². The van der Waals surface area contributed by atoms with Crippen molar-refractivity contribution >= 4 is 11.8 Å². The minimum atomic E-state index is -0.206. The van der Waals surface area contributed by atoms with Gasteiger partial charge in [-0.05, 0) is 24.5 Å². The lowest BCUT2D eigenvalue weighted by molar-refractivity contribution is 0.000798. The van der Waals surface area contributed by atoms with Crippen molar-refractivity contribution in [2.75, 3.05) is 37.7 Å². The Bertz CT molecular complexity index is 193. The summed E-state index contributed by atoms with van der Waals surface area (Å²) in [6.07, 6.45) is 1.01. The highest BCUT2D eigenvalue weighted by molar-refractivity contribution is 7.99. The van der Waals surface area contributed by atoms with Crippen LogP contribution in [-0.4, -0.2) is 48.8 Å². The minimum absolute atomic E-state index is 0.206. The quantitative estimate of drug-likeness (QED) is 0.647. The molecule has 1 heterocycles. The predicted molar refractivity (Wildman–Crippen MR) is 59.4 cm³/mol. The third kappa shape index (κ3) is 4.32. The molecule has 3 nitrogen and oxygen atoms in total. The van der Waals surface area contributed by atoms with Gasteiger partial charge in [0.2, 0.25) is 0 Å². The maximum atomic E-state index is 8.71. The van der Waals surface area contributed by atoms with Gasteiger partial charge in [0.25, 0.3) is 0 Å². The molecule has 0 aromatic carbocycles. The summed E-state index contributed by atoms with van der Waals surface area (Å²) in [6.45, 7) is 5.76. The summed E-state index contributed by atoms with van der Waals surface area (Å²) in [5.74, 6) is 2.43. The molecule has 0 radical (unpaired) electrons. The Kier molecular flexibility index (Phi) is 6.00. The van der Waals surface area contributed by atoms with E-state index in [4.69, 9.17) is 10.00 Å². The van der Waals surface area contributed by atoms with Gasteiger partial charge in [-0.1, -0.05) is 6.92 Å². The molecule has 1 aliphatic rings. The SMILES string of the molecule is CCSCCCN1CCOC(C#N)C1. The smallest absolute Gasteiger partial charge is 0.156 e. The van der Waals surface area contributed by atoms with E-state index in [-0.39, 0.29) is 6.10 Å². The molecule has 0 saturated carbocycles. The van der Waals surface area contributed by atoms with E-state index in [0.717, 1.165) is 19.6 Å². The molecule has 0 bridgehead atoms. The highest BCUT2D eigenvalue weighted by Gasteiger charge is 2.18. The zero-order valence-electron chi connectivity index (χ0n) is 8.74. The lowest BCUT2D eigenvalue weighted by Crippen LogP contribution is -2.42. The molecular weight excluding hydrogens is 196 g/mol. The standard InChI is InChI=1S/C10H18N2OS/c1-2-14-7-3-4-12-5-6-13-10(8-11)9-12/h10H,2-7,9H2,1H3. The van der Waals surface area contributed by atoms with Crippen LogP contribution in [0.2, 0.25) is 0 Å². The van der Waals surface area contributed by atoms with Gasteiger partial charge in [-0.2, -0.15) is 17.0 Å². The van der Waals surface area contributed by atoms with E-state index in [1.54, 1.807) is 0 Å². The maximum absolute atomic E-state index is 8.71. The molecule has 80 valence electrons. The van der Waals surface area contributed by atoms with Gasteiger partial charge in [0.15, 0.2) is 6.10 Å². The van der Waals surface area contributed by atoms with E-state index < -0.39 is 0 Å². The Labute approximate surface area is 90.4 Å². The average molecular weight is 214 g/mol. The first-order valence-electron chi connectivity index (χ1n) is 5.18. The third-order valence-electron chi connectivity index (χ3n) is 2.26. The summed E-state index contributed by atoms with van der Waals surface area (Å²) < 4.78 is 5.28. The van der Waals surface area contributed by atoms with E-state index in [1.807, 2.05) is 11.8 Å². The Morgan fingerprint density at radius 1 is 1.64 bits per heavy atom. The van der Waals surface area contributed by atoms with E-state index >= 15 is 0 Å². The van der Waals surface area contributed by atoms with Crippen molar-refractivity contribution in [1.82, 2.24) is 4.90 Å². The summed E-state index contributed by atoms with van der Waals surface area (Å²) >= 11 is 1.98. The van der Waals surface area contributed by atoms with Crippen molar-refractivity contribution in [3.63, 3.8) is 0 Å². The molecule has 1 aliphatic heterocycles. The molecule has 1 fully saturated rings. The summed E-state index contributed by atoms with van der Waals surface area (Å²) in [6, 6.07) is 2.17. The van der Waals surface area contributed by atoms with Crippen LogP contribution in [-0.2, 0) is 4.74 Å². The monoisotopic (exact) mass is 214 g/mol. The number of rotatable bonds is 5. The van der Waals surface area contributed by atoms with Crippen LogP contribution in [0.1, 0.15) is 13.3 Å². The van der Waals surface area contributed by atoms with Gasteiger partial charge < -0.3 is 4.74 Å². The molecule has 1 rings (SSSR count). The van der Waals surface area contributed by atoms with Crippen LogP contribution in [0, 0.1) is 11.3 Å². The number of nitriles is 1. The number of hydrogen-bond acceptors (Lipinski definition) is 4. The van der Waals surface area contributed by atoms with Crippen LogP contribution < -0.4 is 0 Å². The van der Waals surface area contributed by atoms with Gasteiger partial charge in [0.05, 0.1) is 12.7 Å². The number of thioether (sulfide) groups is 1. The molecule has 0 aliphatic carbocycles. The molecule has 1 unspecified atom stereocenters. The molecule has 1 saturated heterocycles. The molecule has 0 N–H and O–H groups in total. The number of hydrogen-bond donors (Lipinski definition) is 0. The number of nitrogens with zero attached hydrogens (tertiary/aromatic N) is 2. The van der Waals surface area contributed by atoms with Crippen molar-refractivity contribution in [2.45, 2.75) is 19.4 Å². The molecule has 14 heavy (non-hydrogen) atoms. The Hall–Kier alpha value is -0.240. The molecule has 4 heteroatoms. The Balaban J connectivity index is 2.09. The van der Waals surface area contributed by atoms with Gasteiger partial charge in [0.1, 0.15) is 0 Å². The minimum Gasteiger partial charge on any atom is -0.361 e. The number of morpholine rings is 1. The molecule has 0 aromatic rings. The summed E-state index contributed by atoms with van der Waals surface area (Å²) in [4.78, 5) is 2.33. The maximum Gasteiger partial charge on any atom is 0.156 e. The molecule has 0 spiro atoms. The fourth-order valence-corrected chi connectivity index (χ4v) is 2.14. The Morgan fingerprint density at radius 3 is 3.21 bits per heavy atom. The highest BCUT2D eigenvalue weighted by atomic mass is 32.2. The molecular formula is C10H18N2OS. The third-order valence-corrected chi connectivity index (χ3v) is 3.25. The largest absolute Gasteiger partial charge is 0.361 e. The van der Waals surface area contributed by atoms with Gasteiger partial charge in [-0.25, -0.2) is 0 Å². The van der Waals surface area contributed by atoms with E-state index in [9.17, 15) is 0 Å². The van der Waals surface area contributed by atoms with Crippen LogP contribution in [0.25, 0.3) is 0 Å². The van der Waals surface area contributed by atoms with Crippen molar-refractivity contribution in [2.24, 2.45) is 0 Å². The van der Waals surface area contributed by atoms with Gasteiger partial charge in [-0.15, -0.1) is 0 Å². The lowest BCUT2D eigenvalue weighted by Gasteiger charge is -2.29. The fraction of sp³-hybridized carbons (Fsp3) is 0.900. The van der Waals surface area contributed by atoms with Crippen molar-refractivity contribution in [1.29, 1.82) is 5.26 Å². The van der Waals surface area contributed by atoms with Crippen molar-refractivity contribution in [3.05, 3.63) is 0 Å². The second kappa shape index (κ2) is 7.10. The van der Waals surface area contributed by atoms with Crippen LogP contribution >= 0.6 is 11.8 Å². The first-order chi connectivity index (χ1) is 6.86. The van der Waals surface area contributed by atoms with E-state index in [1.165, 1.54) is 17.9 Å². The van der Waals surface area contributed by atoms with E-state index in [2.05, 4.69) is 17.9 Å². The van der Waals surface area contributed by atoms with Crippen LogP contribution in [0.5, 0.6) is 0 Å².